The Hall–Kier alpha value is -1.84. The molecule has 4 nitrogen and oxygen atoms in total. The highest BCUT2D eigenvalue weighted by atomic mass is 16.5. The predicted octanol–water partition coefficient (Wildman–Crippen LogP) is 2.06. The fourth-order valence-corrected chi connectivity index (χ4v) is 1.45. The summed E-state index contributed by atoms with van der Waals surface area (Å²) in [5, 5.41) is 8.44. The summed E-state index contributed by atoms with van der Waals surface area (Å²) in [4.78, 5) is 21.6. The maximum absolute atomic E-state index is 11.4. The molecule has 1 aromatic rings. The molecule has 17 heavy (non-hydrogen) atoms. The smallest absolute Gasteiger partial charge is 0.303 e. The molecule has 1 rings (SSSR count). The molecule has 1 aromatic carbocycles. The molecule has 0 bridgehead atoms. The summed E-state index contributed by atoms with van der Waals surface area (Å²) >= 11 is 0. The van der Waals surface area contributed by atoms with E-state index in [1.807, 2.05) is 24.3 Å². The van der Waals surface area contributed by atoms with E-state index in [1.54, 1.807) is 7.11 Å². The summed E-state index contributed by atoms with van der Waals surface area (Å²) < 4.78 is 5.03. The van der Waals surface area contributed by atoms with Gasteiger partial charge in [-0.1, -0.05) is 12.1 Å². The molecule has 0 radical (unpaired) electrons. The first-order valence-electron chi connectivity index (χ1n) is 5.48. The molecule has 0 atom stereocenters. The van der Waals surface area contributed by atoms with Gasteiger partial charge >= 0.3 is 5.97 Å². The third kappa shape index (κ3) is 5.15. The first-order chi connectivity index (χ1) is 8.11. The molecule has 0 heterocycles. The number of carbonyl (C=O) groups excluding carboxylic acids is 1. The molecule has 0 aliphatic rings. The number of aryl methyl sites for hydroxylation is 1. The van der Waals surface area contributed by atoms with Gasteiger partial charge in [-0.15, -0.1) is 0 Å². The summed E-state index contributed by atoms with van der Waals surface area (Å²) in [6.07, 6.45) is 1.06. The zero-order valence-electron chi connectivity index (χ0n) is 9.81. The number of hydrogen-bond acceptors (Lipinski definition) is 3. The molecule has 0 unspecified atom stereocenters. The first kappa shape index (κ1) is 13.2. The van der Waals surface area contributed by atoms with Crippen LogP contribution in [0, 0.1) is 0 Å². The fraction of sp³-hybridized carbons (Fsp3) is 0.385. The van der Waals surface area contributed by atoms with Gasteiger partial charge in [0, 0.05) is 12.8 Å². The van der Waals surface area contributed by atoms with E-state index in [-0.39, 0.29) is 18.6 Å². The van der Waals surface area contributed by atoms with Gasteiger partial charge in [-0.05, 0) is 24.1 Å². The minimum Gasteiger partial charge on any atom is -0.497 e. The Balaban J connectivity index is 2.34. The van der Waals surface area contributed by atoms with Crippen molar-refractivity contribution in [3.05, 3.63) is 29.8 Å². The second-order valence-electron chi connectivity index (χ2n) is 3.78. The zero-order valence-corrected chi connectivity index (χ0v) is 9.81. The highest BCUT2D eigenvalue weighted by Crippen LogP contribution is 2.13. The number of carboxylic acids is 1. The molecule has 0 spiro atoms. The quantitative estimate of drug-likeness (QED) is 0.787. The van der Waals surface area contributed by atoms with Crippen LogP contribution in [0.3, 0.4) is 0 Å². The Bertz CT molecular complexity index is 381. The number of aliphatic carboxylic acids is 1. The number of ketones is 1. The summed E-state index contributed by atoms with van der Waals surface area (Å²) in [7, 11) is 1.60. The van der Waals surface area contributed by atoms with Gasteiger partial charge in [0.15, 0.2) is 0 Å². The van der Waals surface area contributed by atoms with Crippen molar-refractivity contribution in [2.45, 2.75) is 25.7 Å². The molecule has 0 saturated heterocycles. The van der Waals surface area contributed by atoms with Crippen LogP contribution in [0.5, 0.6) is 5.75 Å². The predicted molar refractivity (Wildman–Crippen MR) is 63.2 cm³/mol. The summed E-state index contributed by atoms with van der Waals surface area (Å²) in [5.74, 6) is -0.156. The third-order valence-corrected chi connectivity index (χ3v) is 2.47. The van der Waals surface area contributed by atoms with Crippen LogP contribution < -0.4 is 4.74 Å². The highest BCUT2D eigenvalue weighted by molar-refractivity contribution is 5.82. The highest BCUT2D eigenvalue weighted by Gasteiger charge is 2.05. The van der Waals surface area contributed by atoms with Crippen molar-refractivity contribution >= 4 is 11.8 Å². The Morgan fingerprint density at radius 2 is 1.76 bits per heavy atom. The van der Waals surface area contributed by atoms with Crippen molar-refractivity contribution in [1.29, 1.82) is 0 Å². The summed E-state index contributed by atoms with van der Waals surface area (Å²) in [5.41, 5.74) is 1.05. The van der Waals surface area contributed by atoms with Crippen molar-refractivity contribution in [3.8, 4) is 5.75 Å². The first-order valence-corrected chi connectivity index (χ1v) is 5.48. The van der Waals surface area contributed by atoms with Crippen molar-refractivity contribution in [2.75, 3.05) is 7.11 Å². The monoisotopic (exact) mass is 236 g/mol. The Labute approximate surface area is 100 Å². The molecule has 4 heteroatoms. The number of carbonyl (C=O) groups is 2. The van der Waals surface area contributed by atoms with Crippen LogP contribution in [-0.4, -0.2) is 24.0 Å². The molecule has 0 fully saturated rings. The number of rotatable bonds is 7. The van der Waals surface area contributed by atoms with Gasteiger partial charge in [0.05, 0.1) is 13.5 Å². The number of hydrogen-bond donors (Lipinski definition) is 1. The van der Waals surface area contributed by atoms with E-state index in [0.29, 0.717) is 12.8 Å². The molecule has 0 aliphatic heterocycles. The Morgan fingerprint density at radius 1 is 1.12 bits per heavy atom. The zero-order chi connectivity index (χ0) is 12.7. The van der Waals surface area contributed by atoms with Crippen molar-refractivity contribution in [2.24, 2.45) is 0 Å². The van der Waals surface area contributed by atoms with E-state index >= 15 is 0 Å². The molecule has 92 valence electrons. The number of benzene rings is 1. The van der Waals surface area contributed by atoms with Crippen LogP contribution in [0.1, 0.15) is 24.8 Å². The van der Waals surface area contributed by atoms with Gasteiger partial charge < -0.3 is 9.84 Å². The Morgan fingerprint density at radius 3 is 2.29 bits per heavy atom. The molecular weight excluding hydrogens is 220 g/mol. The van der Waals surface area contributed by atoms with Crippen LogP contribution in [0.15, 0.2) is 24.3 Å². The lowest BCUT2D eigenvalue weighted by Crippen LogP contribution is -2.04. The van der Waals surface area contributed by atoms with Gasteiger partial charge in [0.1, 0.15) is 11.5 Å². The van der Waals surface area contributed by atoms with E-state index in [0.717, 1.165) is 11.3 Å². The maximum Gasteiger partial charge on any atom is 0.303 e. The molecule has 0 aromatic heterocycles. The lowest BCUT2D eigenvalue weighted by Gasteiger charge is -2.03. The van der Waals surface area contributed by atoms with Gasteiger partial charge in [-0.2, -0.15) is 0 Å². The SMILES string of the molecule is COc1ccc(CCC(=O)CCC(=O)O)cc1. The molecule has 0 amide bonds. The van der Waals surface area contributed by atoms with E-state index in [2.05, 4.69) is 0 Å². The van der Waals surface area contributed by atoms with E-state index < -0.39 is 5.97 Å². The number of Topliss-reactive ketones (excluding diaryl/α,β-unsaturated/α-hetero) is 1. The summed E-state index contributed by atoms with van der Waals surface area (Å²) in [6.45, 7) is 0. The van der Waals surface area contributed by atoms with E-state index in [9.17, 15) is 9.59 Å². The number of carboxylic acid groups (broad SMARTS) is 1. The van der Waals surface area contributed by atoms with Crippen LogP contribution in [0.25, 0.3) is 0 Å². The topological polar surface area (TPSA) is 63.6 Å². The van der Waals surface area contributed by atoms with Gasteiger partial charge in [0.2, 0.25) is 0 Å². The van der Waals surface area contributed by atoms with Gasteiger partial charge in [-0.25, -0.2) is 0 Å². The van der Waals surface area contributed by atoms with Gasteiger partial charge in [-0.3, -0.25) is 9.59 Å². The van der Waals surface area contributed by atoms with Crippen molar-refractivity contribution in [1.82, 2.24) is 0 Å². The fourth-order valence-electron chi connectivity index (χ4n) is 1.45. The molecular formula is C13H16O4. The van der Waals surface area contributed by atoms with Crippen LogP contribution in [-0.2, 0) is 16.0 Å². The second kappa shape index (κ2) is 6.68. The minimum absolute atomic E-state index is 0.0109. The molecule has 0 aliphatic carbocycles. The van der Waals surface area contributed by atoms with Crippen LogP contribution in [0.2, 0.25) is 0 Å². The minimum atomic E-state index is -0.928. The Kier molecular flexibility index (Phi) is 5.20. The lowest BCUT2D eigenvalue weighted by atomic mass is 10.1. The van der Waals surface area contributed by atoms with E-state index in [1.165, 1.54) is 0 Å². The summed E-state index contributed by atoms with van der Waals surface area (Å²) in [6, 6.07) is 7.50. The normalized spacial score (nSPS) is 9.94. The maximum atomic E-state index is 11.4. The van der Waals surface area contributed by atoms with Crippen molar-refractivity contribution in [3.63, 3.8) is 0 Å². The average Bonchev–Trinajstić information content (AvgIpc) is 2.34. The van der Waals surface area contributed by atoms with Crippen molar-refractivity contribution < 1.29 is 19.4 Å². The lowest BCUT2D eigenvalue weighted by molar-refractivity contribution is -0.138. The largest absolute Gasteiger partial charge is 0.497 e. The number of ether oxygens (including phenoxy) is 1. The third-order valence-electron chi connectivity index (χ3n) is 2.47. The molecule has 1 N–H and O–H groups in total. The standard InChI is InChI=1S/C13H16O4/c1-17-12-7-3-10(4-8-12)2-5-11(14)6-9-13(15)16/h3-4,7-8H,2,5-6,9H2,1H3,(H,15,16). The number of methoxy groups -OCH3 is 1. The van der Waals surface area contributed by atoms with E-state index in [4.69, 9.17) is 9.84 Å². The molecule has 0 saturated carbocycles. The second-order valence-corrected chi connectivity index (χ2v) is 3.78. The van der Waals surface area contributed by atoms with Gasteiger partial charge in [0.25, 0.3) is 0 Å². The van der Waals surface area contributed by atoms with Crippen LogP contribution in [0.4, 0.5) is 0 Å². The average molecular weight is 236 g/mol. The van der Waals surface area contributed by atoms with Crippen LogP contribution >= 0.6 is 0 Å².